The van der Waals surface area contributed by atoms with Crippen molar-refractivity contribution in [1.29, 1.82) is 0 Å². The SMILES string of the molecule is C=CC(N)c1cc(C)cnc1Br. The van der Waals surface area contributed by atoms with Gasteiger partial charge in [-0.3, -0.25) is 0 Å². The molecule has 2 N–H and O–H groups in total. The maximum atomic E-state index is 5.78. The standard InChI is InChI=1S/C9H11BrN2/c1-3-8(11)7-4-6(2)5-12-9(7)10/h3-5,8H,1,11H2,2H3. The fourth-order valence-corrected chi connectivity index (χ4v) is 1.42. The van der Waals surface area contributed by atoms with Gasteiger partial charge in [-0.05, 0) is 34.5 Å². The van der Waals surface area contributed by atoms with Gasteiger partial charge in [0, 0.05) is 11.8 Å². The Morgan fingerprint density at radius 3 is 3.00 bits per heavy atom. The molecular weight excluding hydrogens is 216 g/mol. The molecule has 0 saturated heterocycles. The number of pyridine rings is 1. The molecule has 1 rings (SSSR count). The molecule has 2 nitrogen and oxygen atoms in total. The van der Waals surface area contributed by atoms with Crippen molar-refractivity contribution in [3.05, 3.63) is 40.6 Å². The fraction of sp³-hybridized carbons (Fsp3) is 0.222. The molecule has 0 aliphatic carbocycles. The Morgan fingerprint density at radius 1 is 1.75 bits per heavy atom. The highest BCUT2D eigenvalue weighted by Crippen LogP contribution is 2.20. The maximum absolute atomic E-state index is 5.78. The summed E-state index contributed by atoms with van der Waals surface area (Å²) in [6.07, 6.45) is 3.49. The number of rotatable bonds is 2. The van der Waals surface area contributed by atoms with Crippen LogP contribution in [-0.4, -0.2) is 4.98 Å². The molecule has 1 unspecified atom stereocenters. The van der Waals surface area contributed by atoms with Crippen molar-refractivity contribution in [3.63, 3.8) is 0 Å². The molecule has 1 aromatic rings. The van der Waals surface area contributed by atoms with E-state index in [0.29, 0.717) is 0 Å². The molecule has 3 heteroatoms. The van der Waals surface area contributed by atoms with Crippen molar-refractivity contribution in [2.75, 3.05) is 0 Å². The van der Waals surface area contributed by atoms with Crippen LogP contribution in [0.5, 0.6) is 0 Å². The number of halogens is 1. The lowest BCUT2D eigenvalue weighted by atomic mass is 10.1. The van der Waals surface area contributed by atoms with E-state index in [1.54, 1.807) is 12.3 Å². The lowest BCUT2D eigenvalue weighted by molar-refractivity contribution is 0.890. The number of aryl methyl sites for hydroxylation is 1. The zero-order valence-corrected chi connectivity index (χ0v) is 8.51. The van der Waals surface area contributed by atoms with Gasteiger partial charge in [-0.2, -0.15) is 0 Å². The van der Waals surface area contributed by atoms with Crippen LogP contribution in [0.2, 0.25) is 0 Å². The van der Waals surface area contributed by atoms with E-state index in [1.165, 1.54) is 0 Å². The highest BCUT2D eigenvalue weighted by atomic mass is 79.9. The summed E-state index contributed by atoms with van der Waals surface area (Å²) in [7, 11) is 0. The van der Waals surface area contributed by atoms with Crippen molar-refractivity contribution < 1.29 is 0 Å². The highest BCUT2D eigenvalue weighted by molar-refractivity contribution is 9.10. The van der Waals surface area contributed by atoms with Gasteiger partial charge in [0.1, 0.15) is 4.60 Å². The van der Waals surface area contributed by atoms with E-state index in [1.807, 2.05) is 13.0 Å². The Kier molecular flexibility index (Phi) is 3.00. The summed E-state index contributed by atoms with van der Waals surface area (Å²) < 4.78 is 0.792. The van der Waals surface area contributed by atoms with Crippen LogP contribution in [-0.2, 0) is 0 Å². The molecule has 0 amide bonds. The minimum atomic E-state index is -0.147. The lowest BCUT2D eigenvalue weighted by Crippen LogP contribution is -2.08. The molecule has 0 radical (unpaired) electrons. The minimum Gasteiger partial charge on any atom is -0.321 e. The zero-order chi connectivity index (χ0) is 9.14. The summed E-state index contributed by atoms with van der Waals surface area (Å²) in [5, 5.41) is 0. The Balaban J connectivity index is 3.12. The fourth-order valence-electron chi connectivity index (χ4n) is 0.936. The Labute approximate surface area is 80.6 Å². The first-order chi connectivity index (χ1) is 5.65. The molecule has 0 aliphatic heterocycles. The zero-order valence-electron chi connectivity index (χ0n) is 6.92. The quantitative estimate of drug-likeness (QED) is 0.622. The van der Waals surface area contributed by atoms with Crippen LogP contribution in [0.25, 0.3) is 0 Å². The van der Waals surface area contributed by atoms with E-state index in [-0.39, 0.29) is 6.04 Å². The first-order valence-electron chi connectivity index (χ1n) is 3.65. The van der Waals surface area contributed by atoms with Crippen molar-refractivity contribution >= 4 is 15.9 Å². The number of hydrogen-bond donors (Lipinski definition) is 1. The van der Waals surface area contributed by atoms with Crippen LogP contribution >= 0.6 is 15.9 Å². The lowest BCUT2D eigenvalue weighted by Gasteiger charge is -2.08. The van der Waals surface area contributed by atoms with Gasteiger partial charge in [-0.1, -0.05) is 6.08 Å². The molecule has 1 atom stereocenters. The van der Waals surface area contributed by atoms with Crippen LogP contribution < -0.4 is 5.73 Å². The number of hydrogen-bond acceptors (Lipinski definition) is 2. The van der Waals surface area contributed by atoms with Crippen LogP contribution in [0.3, 0.4) is 0 Å². The molecule has 64 valence electrons. The molecular formula is C9H11BrN2. The number of aromatic nitrogens is 1. The van der Waals surface area contributed by atoms with Crippen LogP contribution in [0.1, 0.15) is 17.2 Å². The minimum absolute atomic E-state index is 0.147. The average molecular weight is 227 g/mol. The Morgan fingerprint density at radius 2 is 2.42 bits per heavy atom. The third-order valence-corrected chi connectivity index (χ3v) is 2.28. The van der Waals surface area contributed by atoms with Crippen molar-refractivity contribution in [2.45, 2.75) is 13.0 Å². The monoisotopic (exact) mass is 226 g/mol. The van der Waals surface area contributed by atoms with Gasteiger partial charge >= 0.3 is 0 Å². The average Bonchev–Trinajstić information content (AvgIpc) is 2.08. The molecule has 0 bridgehead atoms. The number of nitrogens with two attached hydrogens (primary N) is 1. The summed E-state index contributed by atoms with van der Waals surface area (Å²) in [6, 6.07) is 1.86. The molecule has 1 aromatic heterocycles. The Bertz CT molecular complexity index is 297. The first-order valence-corrected chi connectivity index (χ1v) is 4.44. The third kappa shape index (κ3) is 1.93. The number of nitrogens with zero attached hydrogens (tertiary/aromatic N) is 1. The second kappa shape index (κ2) is 3.83. The van der Waals surface area contributed by atoms with Gasteiger partial charge < -0.3 is 5.73 Å². The normalized spacial score (nSPS) is 12.6. The van der Waals surface area contributed by atoms with E-state index in [0.717, 1.165) is 15.7 Å². The van der Waals surface area contributed by atoms with E-state index in [4.69, 9.17) is 5.73 Å². The van der Waals surface area contributed by atoms with Gasteiger partial charge in [-0.15, -0.1) is 6.58 Å². The van der Waals surface area contributed by atoms with Gasteiger partial charge in [0.25, 0.3) is 0 Å². The Hall–Kier alpha value is -0.670. The molecule has 0 fully saturated rings. The van der Waals surface area contributed by atoms with Crippen molar-refractivity contribution in [2.24, 2.45) is 5.73 Å². The summed E-state index contributed by atoms with van der Waals surface area (Å²) >= 11 is 3.33. The van der Waals surface area contributed by atoms with E-state index in [9.17, 15) is 0 Å². The molecule has 12 heavy (non-hydrogen) atoms. The van der Waals surface area contributed by atoms with E-state index in [2.05, 4.69) is 27.5 Å². The van der Waals surface area contributed by atoms with Gasteiger partial charge in [0.15, 0.2) is 0 Å². The second-order valence-electron chi connectivity index (χ2n) is 2.65. The summed E-state index contributed by atoms with van der Waals surface area (Å²) in [5.74, 6) is 0. The van der Waals surface area contributed by atoms with Gasteiger partial charge in [0.2, 0.25) is 0 Å². The summed E-state index contributed by atoms with van der Waals surface area (Å²) in [4.78, 5) is 4.14. The van der Waals surface area contributed by atoms with Crippen LogP contribution in [0, 0.1) is 6.92 Å². The van der Waals surface area contributed by atoms with Gasteiger partial charge in [-0.25, -0.2) is 4.98 Å². The summed E-state index contributed by atoms with van der Waals surface area (Å²) in [5.41, 5.74) is 7.86. The highest BCUT2D eigenvalue weighted by Gasteiger charge is 2.06. The van der Waals surface area contributed by atoms with E-state index < -0.39 is 0 Å². The van der Waals surface area contributed by atoms with Crippen molar-refractivity contribution in [3.8, 4) is 0 Å². The largest absolute Gasteiger partial charge is 0.321 e. The molecule has 0 saturated carbocycles. The molecule has 0 spiro atoms. The van der Waals surface area contributed by atoms with Crippen molar-refractivity contribution in [1.82, 2.24) is 4.98 Å². The second-order valence-corrected chi connectivity index (χ2v) is 3.41. The molecule has 0 aliphatic rings. The smallest absolute Gasteiger partial charge is 0.111 e. The predicted molar refractivity (Wildman–Crippen MR) is 53.8 cm³/mol. The predicted octanol–water partition coefficient (Wildman–Crippen LogP) is 2.34. The van der Waals surface area contributed by atoms with Crippen LogP contribution in [0.15, 0.2) is 29.5 Å². The molecule has 0 aromatic carbocycles. The summed E-state index contributed by atoms with van der Waals surface area (Å²) in [6.45, 7) is 5.62. The van der Waals surface area contributed by atoms with Crippen LogP contribution in [0.4, 0.5) is 0 Å². The maximum Gasteiger partial charge on any atom is 0.111 e. The molecule has 1 heterocycles. The van der Waals surface area contributed by atoms with E-state index >= 15 is 0 Å². The topological polar surface area (TPSA) is 38.9 Å². The first kappa shape index (κ1) is 9.42. The van der Waals surface area contributed by atoms with Gasteiger partial charge in [0.05, 0.1) is 6.04 Å². The third-order valence-electron chi connectivity index (χ3n) is 1.62.